The van der Waals surface area contributed by atoms with Crippen LogP contribution in [0.4, 0.5) is 5.69 Å². The Bertz CT molecular complexity index is 1700. The highest BCUT2D eigenvalue weighted by molar-refractivity contribution is 8.00. The van der Waals surface area contributed by atoms with Crippen molar-refractivity contribution < 1.29 is 22.7 Å². The minimum absolute atomic E-state index is 0.0829. The molecule has 3 heterocycles. The Morgan fingerprint density at radius 3 is 2.59 bits per heavy atom. The van der Waals surface area contributed by atoms with Gasteiger partial charge < -0.3 is 24.7 Å². The number of ether oxygens (including phenoxy) is 2. The molecule has 1 aliphatic rings. The number of carbonyl (C=O) groups is 1. The number of thioether (sulfide) groups is 2. The van der Waals surface area contributed by atoms with Gasteiger partial charge in [0.2, 0.25) is 0 Å². The van der Waals surface area contributed by atoms with Crippen molar-refractivity contribution in [3.05, 3.63) is 84.2 Å². The molecule has 0 spiro atoms. The first-order valence-corrected chi connectivity index (χ1v) is 18.7. The third-order valence-corrected chi connectivity index (χ3v) is 11.9. The highest BCUT2D eigenvalue weighted by Gasteiger charge is 2.30. The van der Waals surface area contributed by atoms with Crippen LogP contribution in [-0.4, -0.2) is 99.0 Å². The number of rotatable bonds is 15. The molecule has 1 aliphatic heterocycles. The number of methoxy groups -OCH3 is 1. The summed E-state index contributed by atoms with van der Waals surface area (Å²) in [6.45, 7) is 6.27. The normalized spacial score (nSPS) is 15.4. The number of aromatic amines is 1. The van der Waals surface area contributed by atoms with E-state index in [0.717, 1.165) is 41.2 Å². The Hall–Kier alpha value is -3.23. The minimum atomic E-state index is -4.00. The van der Waals surface area contributed by atoms with Crippen LogP contribution in [0.2, 0.25) is 0 Å². The van der Waals surface area contributed by atoms with Crippen molar-refractivity contribution in [3.8, 4) is 5.75 Å². The van der Waals surface area contributed by atoms with Gasteiger partial charge in [0.15, 0.2) is 5.03 Å². The molecule has 0 aliphatic carbocycles. The summed E-state index contributed by atoms with van der Waals surface area (Å²) in [5.41, 5.74) is 2.41. The van der Waals surface area contributed by atoms with Gasteiger partial charge in [0.25, 0.3) is 15.9 Å². The second kappa shape index (κ2) is 15.6. The molecule has 10 nitrogen and oxygen atoms in total. The number of hydrogen-bond acceptors (Lipinski definition) is 9. The Kier molecular flexibility index (Phi) is 11.5. The van der Waals surface area contributed by atoms with E-state index in [4.69, 9.17) is 9.47 Å². The molecule has 1 unspecified atom stereocenters. The molecular formula is C33H41N5O5S3. The number of amides is 1. The highest BCUT2D eigenvalue weighted by Crippen LogP contribution is 2.35. The second-order valence-corrected chi connectivity index (χ2v) is 16.1. The third kappa shape index (κ3) is 8.56. The predicted molar refractivity (Wildman–Crippen MR) is 188 cm³/mol. The summed E-state index contributed by atoms with van der Waals surface area (Å²) < 4.78 is 39.0. The van der Waals surface area contributed by atoms with Gasteiger partial charge in [-0.3, -0.25) is 9.10 Å². The summed E-state index contributed by atoms with van der Waals surface area (Å²) in [7, 11) is -0.949. The van der Waals surface area contributed by atoms with E-state index in [0.29, 0.717) is 41.2 Å². The Labute approximate surface area is 279 Å². The maximum atomic E-state index is 13.7. The van der Waals surface area contributed by atoms with Gasteiger partial charge in [-0.1, -0.05) is 36.4 Å². The molecule has 0 radical (unpaired) electrons. The molecule has 5 rings (SSSR count). The average Bonchev–Trinajstić information content (AvgIpc) is 3.52. The lowest BCUT2D eigenvalue weighted by atomic mass is 10.1. The Morgan fingerprint density at radius 1 is 1.11 bits per heavy atom. The summed E-state index contributed by atoms with van der Waals surface area (Å²) in [4.78, 5) is 23.4. The zero-order valence-corrected chi connectivity index (χ0v) is 28.8. The quantitative estimate of drug-likeness (QED) is 0.169. The summed E-state index contributed by atoms with van der Waals surface area (Å²) in [5.74, 6) is 3.27. The maximum Gasteiger partial charge on any atom is 0.281 e. The van der Waals surface area contributed by atoms with Crippen LogP contribution >= 0.6 is 23.5 Å². The summed E-state index contributed by atoms with van der Waals surface area (Å²) >= 11 is 3.83. The molecule has 46 heavy (non-hydrogen) atoms. The number of carbonyl (C=O) groups excluding carboxylic acids is 1. The van der Waals surface area contributed by atoms with Crippen LogP contribution in [0.5, 0.6) is 5.75 Å². The largest absolute Gasteiger partial charge is 0.491 e. The van der Waals surface area contributed by atoms with Crippen LogP contribution in [0, 0.1) is 0 Å². The van der Waals surface area contributed by atoms with E-state index in [9.17, 15) is 13.2 Å². The van der Waals surface area contributed by atoms with E-state index >= 15 is 0 Å². The molecule has 4 aromatic rings. The molecule has 1 saturated heterocycles. The van der Waals surface area contributed by atoms with E-state index in [2.05, 4.69) is 39.2 Å². The van der Waals surface area contributed by atoms with Crippen molar-refractivity contribution in [2.75, 3.05) is 69.4 Å². The molecule has 1 atom stereocenters. The lowest BCUT2D eigenvalue weighted by Crippen LogP contribution is -2.48. The number of anilines is 1. The topological polar surface area (TPSA) is 117 Å². The lowest BCUT2D eigenvalue weighted by Gasteiger charge is -2.37. The number of aromatic nitrogens is 2. The van der Waals surface area contributed by atoms with Crippen LogP contribution in [0.3, 0.4) is 0 Å². The molecular weight excluding hydrogens is 643 g/mol. The Morgan fingerprint density at radius 2 is 1.87 bits per heavy atom. The van der Waals surface area contributed by atoms with Crippen LogP contribution in [0.15, 0.2) is 78.0 Å². The number of hydrogen-bond donors (Lipinski definition) is 2. The molecule has 2 N–H and O–H groups in total. The van der Waals surface area contributed by atoms with Crippen molar-refractivity contribution >= 4 is 56.0 Å². The molecule has 2 aromatic heterocycles. The molecule has 0 saturated carbocycles. The summed E-state index contributed by atoms with van der Waals surface area (Å²) in [5, 5.41) is 3.74. The number of fused-ring (bicyclic) bond motifs is 1. The Balaban J connectivity index is 1.40. The van der Waals surface area contributed by atoms with Gasteiger partial charge in [-0.2, -0.15) is 20.2 Å². The van der Waals surface area contributed by atoms with Gasteiger partial charge in [0.05, 0.1) is 17.8 Å². The van der Waals surface area contributed by atoms with E-state index in [-0.39, 0.29) is 22.3 Å². The fraction of sp³-hybridized carbons (Fsp3) is 0.394. The fourth-order valence-electron chi connectivity index (χ4n) is 5.24. The van der Waals surface area contributed by atoms with E-state index < -0.39 is 10.0 Å². The SMILES string of the molecule is COCCOc1cc(N(C)S(=O)(=O)c2ccccn2)c2[nH]c(C(=O)NCC(C)(CN3CCSCC3)SCc3ccccc3)cc2c1. The molecule has 246 valence electrons. The molecule has 0 bridgehead atoms. The monoisotopic (exact) mass is 683 g/mol. The number of H-pyrrole nitrogens is 1. The first-order chi connectivity index (χ1) is 22.2. The van der Waals surface area contributed by atoms with Crippen LogP contribution in [-0.2, 0) is 20.5 Å². The smallest absolute Gasteiger partial charge is 0.281 e. The van der Waals surface area contributed by atoms with Crippen molar-refractivity contribution in [2.24, 2.45) is 0 Å². The predicted octanol–water partition coefficient (Wildman–Crippen LogP) is 4.88. The zero-order valence-electron chi connectivity index (χ0n) is 26.4. The third-order valence-electron chi connectivity index (χ3n) is 7.80. The number of sulfonamides is 1. The standard InChI is InChI=1S/C33H41N5O5S3/c1-33(24-38-13-17-44-18-14-38,45-22-25-9-5-4-6-10-25)23-35-32(39)28-20-26-19-27(43-16-15-42-3)21-29(31(26)36-28)37(2)46(40,41)30-11-7-8-12-34-30/h4-12,19-21,36H,13-18,22-24H2,1-3H3,(H,35,39). The lowest BCUT2D eigenvalue weighted by molar-refractivity contribution is 0.0943. The molecule has 1 fully saturated rings. The van der Waals surface area contributed by atoms with Crippen molar-refractivity contribution in [2.45, 2.75) is 22.4 Å². The van der Waals surface area contributed by atoms with Crippen molar-refractivity contribution in [3.63, 3.8) is 0 Å². The number of nitrogens with zero attached hydrogens (tertiary/aromatic N) is 3. The van der Waals surface area contributed by atoms with Gasteiger partial charge in [0.1, 0.15) is 18.1 Å². The summed E-state index contributed by atoms with van der Waals surface area (Å²) in [6.07, 6.45) is 1.44. The van der Waals surface area contributed by atoms with E-state index in [1.807, 2.05) is 41.7 Å². The van der Waals surface area contributed by atoms with E-state index in [1.54, 1.807) is 37.4 Å². The van der Waals surface area contributed by atoms with Crippen LogP contribution in [0.25, 0.3) is 10.9 Å². The first-order valence-electron chi connectivity index (χ1n) is 15.1. The number of nitrogens with one attached hydrogen (secondary N) is 2. The molecule has 13 heteroatoms. The summed E-state index contributed by atoms with van der Waals surface area (Å²) in [6, 6.07) is 20.3. The first kappa shape index (κ1) is 34.1. The molecule has 2 aromatic carbocycles. The van der Waals surface area contributed by atoms with Gasteiger partial charge in [-0.15, -0.1) is 11.8 Å². The van der Waals surface area contributed by atoms with Gasteiger partial charge in [0, 0.05) is 80.0 Å². The van der Waals surface area contributed by atoms with Crippen molar-refractivity contribution in [1.82, 2.24) is 20.2 Å². The number of benzene rings is 2. The minimum Gasteiger partial charge on any atom is -0.491 e. The van der Waals surface area contributed by atoms with Crippen molar-refractivity contribution in [1.29, 1.82) is 0 Å². The average molecular weight is 684 g/mol. The van der Waals surface area contributed by atoms with Crippen LogP contribution in [0.1, 0.15) is 23.0 Å². The zero-order chi connectivity index (χ0) is 32.6. The molecule has 1 amide bonds. The second-order valence-electron chi connectivity index (χ2n) is 11.4. The highest BCUT2D eigenvalue weighted by atomic mass is 32.2. The number of pyridine rings is 1. The van der Waals surface area contributed by atoms with Gasteiger partial charge >= 0.3 is 0 Å². The van der Waals surface area contributed by atoms with E-state index in [1.165, 1.54) is 24.9 Å². The van der Waals surface area contributed by atoms with Gasteiger partial charge in [-0.25, -0.2) is 4.98 Å². The maximum absolute atomic E-state index is 13.7. The van der Waals surface area contributed by atoms with Gasteiger partial charge in [-0.05, 0) is 36.8 Å². The fourth-order valence-corrected chi connectivity index (χ4v) is 8.51. The van der Waals surface area contributed by atoms with Crippen LogP contribution < -0.4 is 14.4 Å².